The van der Waals surface area contributed by atoms with E-state index in [2.05, 4.69) is 15.1 Å². The third-order valence-electron chi connectivity index (χ3n) is 5.12. The molecule has 30 heavy (non-hydrogen) atoms. The average Bonchev–Trinajstić information content (AvgIpc) is 2.70. The number of pyridine rings is 1. The van der Waals surface area contributed by atoms with Crippen LogP contribution in [0.1, 0.15) is 19.5 Å². The van der Waals surface area contributed by atoms with Gasteiger partial charge in [0.05, 0.1) is 13.3 Å². The molecule has 8 heteroatoms. The molecule has 1 aliphatic heterocycles. The molecule has 0 unspecified atom stereocenters. The van der Waals surface area contributed by atoms with Crippen LogP contribution in [0.2, 0.25) is 0 Å². The standard InChI is InChI=1S/C22H29FN4O3/c1-16(2)24-22(29)15-27-14-21(30-3)20(28)12-19(27)13-25-8-10-26(11-9-25)18-6-4-17(23)5-7-18/h4-7,12,14,16H,8-11,13,15H2,1-3H3,(H,24,29). The molecular formula is C22H29FN4O3. The lowest BCUT2D eigenvalue weighted by Crippen LogP contribution is -2.46. The normalized spacial score (nSPS) is 14.8. The second-order valence-corrected chi connectivity index (χ2v) is 7.79. The minimum Gasteiger partial charge on any atom is -0.491 e. The van der Waals surface area contributed by atoms with Crippen molar-refractivity contribution >= 4 is 11.6 Å². The zero-order valence-corrected chi connectivity index (χ0v) is 17.7. The summed E-state index contributed by atoms with van der Waals surface area (Å²) in [4.78, 5) is 29.0. The SMILES string of the molecule is COc1cn(CC(=O)NC(C)C)c(CN2CCN(c3ccc(F)cc3)CC2)cc1=O. The van der Waals surface area contributed by atoms with Crippen molar-refractivity contribution in [2.24, 2.45) is 0 Å². The molecule has 0 radical (unpaired) electrons. The van der Waals surface area contributed by atoms with Crippen LogP contribution in [0.4, 0.5) is 10.1 Å². The molecule has 0 bridgehead atoms. The van der Waals surface area contributed by atoms with Crippen molar-refractivity contribution < 1.29 is 13.9 Å². The van der Waals surface area contributed by atoms with Gasteiger partial charge in [-0.1, -0.05) is 0 Å². The van der Waals surface area contributed by atoms with Gasteiger partial charge in [-0.15, -0.1) is 0 Å². The van der Waals surface area contributed by atoms with Gasteiger partial charge in [0, 0.05) is 56.2 Å². The summed E-state index contributed by atoms with van der Waals surface area (Å²) in [6, 6.07) is 8.12. The van der Waals surface area contributed by atoms with Gasteiger partial charge in [0.1, 0.15) is 12.4 Å². The predicted octanol–water partition coefficient (Wildman–Crippen LogP) is 1.84. The lowest BCUT2D eigenvalue weighted by atomic mass is 10.2. The first kappa shape index (κ1) is 21.8. The summed E-state index contributed by atoms with van der Waals surface area (Å²) in [5.41, 5.74) is 1.58. The van der Waals surface area contributed by atoms with E-state index in [0.717, 1.165) is 37.6 Å². The van der Waals surface area contributed by atoms with Crippen molar-refractivity contribution in [2.45, 2.75) is 33.0 Å². The maximum Gasteiger partial charge on any atom is 0.240 e. The molecule has 3 rings (SSSR count). The molecule has 1 N–H and O–H groups in total. The Hall–Kier alpha value is -2.87. The van der Waals surface area contributed by atoms with Gasteiger partial charge in [-0.25, -0.2) is 4.39 Å². The molecule has 7 nitrogen and oxygen atoms in total. The molecule has 1 aromatic heterocycles. The minimum absolute atomic E-state index is 0.0433. The highest BCUT2D eigenvalue weighted by atomic mass is 19.1. The molecule has 0 aliphatic carbocycles. The molecule has 162 valence electrons. The van der Waals surface area contributed by atoms with Crippen LogP contribution < -0.4 is 20.4 Å². The Morgan fingerprint density at radius 3 is 2.43 bits per heavy atom. The van der Waals surface area contributed by atoms with Gasteiger partial charge in [-0.05, 0) is 38.1 Å². The number of rotatable bonds is 7. The van der Waals surface area contributed by atoms with E-state index in [1.165, 1.54) is 19.2 Å². The number of anilines is 1. The zero-order valence-electron chi connectivity index (χ0n) is 17.7. The maximum atomic E-state index is 13.2. The monoisotopic (exact) mass is 416 g/mol. The smallest absolute Gasteiger partial charge is 0.240 e. The quantitative estimate of drug-likeness (QED) is 0.746. The second-order valence-electron chi connectivity index (χ2n) is 7.79. The first-order valence-electron chi connectivity index (χ1n) is 10.2. The van der Waals surface area contributed by atoms with Crippen LogP contribution in [-0.2, 0) is 17.9 Å². The van der Waals surface area contributed by atoms with E-state index in [0.29, 0.717) is 6.54 Å². The van der Waals surface area contributed by atoms with Crippen molar-refractivity contribution in [1.29, 1.82) is 0 Å². The maximum absolute atomic E-state index is 13.2. The molecule has 1 amide bonds. The van der Waals surface area contributed by atoms with Crippen LogP contribution in [0.25, 0.3) is 0 Å². The average molecular weight is 416 g/mol. The number of ether oxygens (including phenoxy) is 1. The molecule has 1 aliphatic rings. The molecular weight excluding hydrogens is 387 g/mol. The largest absolute Gasteiger partial charge is 0.491 e. The molecule has 2 aromatic rings. The number of carbonyl (C=O) groups is 1. The van der Waals surface area contributed by atoms with Gasteiger partial charge in [0.2, 0.25) is 11.3 Å². The van der Waals surface area contributed by atoms with Gasteiger partial charge in [-0.3, -0.25) is 14.5 Å². The topological polar surface area (TPSA) is 66.8 Å². The molecule has 1 saturated heterocycles. The van der Waals surface area contributed by atoms with Gasteiger partial charge < -0.3 is 19.5 Å². The van der Waals surface area contributed by atoms with Crippen LogP contribution in [0, 0.1) is 5.82 Å². The van der Waals surface area contributed by atoms with Gasteiger partial charge in [-0.2, -0.15) is 0 Å². The van der Waals surface area contributed by atoms with Crippen LogP contribution in [0.5, 0.6) is 5.75 Å². The fourth-order valence-corrected chi connectivity index (χ4v) is 3.60. The van der Waals surface area contributed by atoms with E-state index >= 15 is 0 Å². The summed E-state index contributed by atoms with van der Waals surface area (Å²) < 4.78 is 20.1. The molecule has 0 spiro atoms. The fraction of sp³-hybridized carbons (Fsp3) is 0.455. The molecule has 1 fully saturated rings. The van der Waals surface area contributed by atoms with E-state index in [-0.39, 0.29) is 35.5 Å². The summed E-state index contributed by atoms with van der Waals surface area (Å²) in [6.45, 7) is 7.72. The first-order chi connectivity index (χ1) is 14.4. The number of hydrogen-bond acceptors (Lipinski definition) is 5. The first-order valence-corrected chi connectivity index (χ1v) is 10.2. The van der Waals surface area contributed by atoms with Crippen LogP contribution >= 0.6 is 0 Å². The Morgan fingerprint density at radius 2 is 1.83 bits per heavy atom. The summed E-state index contributed by atoms with van der Waals surface area (Å²) in [5.74, 6) is -0.133. The molecule has 0 saturated carbocycles. The predicted molar refractivity (Wildman–Crippen MR) is 114 cm³/mol. The van der Waals surface area contributed by atoms with E-state index < -0.39 is 0 Å². The third-order valence-corrected chi connectivity index (χ3v) is 5.12. The van der Waals surface area contributed by atoms with E-state index in [1.54, 1.807) is 29.0 Å². The van der Waals surface area contributed by atoms with Crippen LogP contribution in [0.3, 0.4) is 0 Å². The number of amides is 1. The summed E-state index contributed by atoms with van der Waals surface area (Å²) in [7, 11) is 1.45. The number of piperazine rings is 1. The Kier molecular flexibility index (Phi) is 7.10. The number of methoxy groups -OCH3 is 1. The highest BCUT2D eigenvalue weighted by Gasteiger charge is 2.20. The molecule has 0 atom stereocenters. The summed E-state index contributed by atoms with van der Waals surface area (Å²) >= 11 is 0. The Morgan fingerprint density at radius 1 is 1.17 bits per heavy atom. The summed E-state index contributed by atoms with van der Waals surface area (Å²) in [5, 5.41) is 2.88. The Bertz CT molecular complexity index is 919. The lowest BCUT2D eigenvalue weighted by molar-refractivity contribution is -0.122. The summed E-state index contributed by atoms with van der Waals surface area (Å²) in [6.07, 6.45) is 1.60. The number of halogens is 1. The minimum atomic E-state index is -0.239. The van der Waals surface area contributed by atoms with E-state index in [4.69, 9.17) is 4.74 Å². The second kappa shape index (κ2) is 9.75. The van der Waals surface area contributed by atoms with Crippen LogP contribution in [-0.4, -0.2) is 54.7 Å². The van der Waals surface area contributed by atoms with Crippen molar-refractivity contribution in [3.8, 4) is 5.75 Å². The highest BCUT2D eigenvalue weighted by molar-refractivity contribution is 5.76. The highest BCUT2D eigenvalue weighted by Crippen LogP contribution is 2.18. The van der Waals surface area contributed by atoms with Crippen LogP contribution in [0.15, 0.2) is 41.3 Å². The zero-order chi connectivity index (χ0) is 21.7. The van der Waals surface area contributed by atoms with Gasteiger partial charge in [0.15, 0.2) is 5.75 Å². The Labute approximate surface area is 176 Å². The number of hydrogen-bond donors (Lipinski definition) is 1. The van der Waals surface area contributed by atoms with E-state index in [9.17, 15) is 14.0 Å². The van der Waals surface area contributed by atoms with Crippen molar-refractivity contribution in [1.82, 2.24) is 14.8 Å². The number of carbonyl (C=O) groups excluding carboxylic acids is 1. The van der Waals surface area contributed by atoms with Gasteiger partial charge in [0.25, 0.3) is 0 Å². The van der Waals surface area contributed by atoms with E-state index in [1.807, 2.05) is 13.8 Å². The number of nitrogens with one attached hydrogen (secondary N) is 1. The third kappa shape index (κ3) is 5.60. The number of aromatic nitrogens is 1. The molecule has 2 heterocycles. The molecule has 1 aromatic carbocycles. The number of nitrogens with zero attached hydrogens (tertiary/aromatic N) is 3. The Balaban J connectivity index is 1.69. The number of benzene rings is 1. The fourth-order valence-electron chi connectivity index (χ4n) is 3.60. The van der Waals surface area contributed by atoms with Crippen molar-refractivity contribution in [2.75, 3.05) is 38.2 Å². The van der Waals surface area contributed by atoms with Crippen molar-refractivity contribution in [3.05, 3.63) is 58.3 Å². The lowest BCUT2D eigenvalue weighted by Gasteiger charge is -2.36. The van der Waals surface area contributed by atoms with Gasteiger partial charge >= 0.3 is 0 Å². The van der Waals surface area contributed by atoms with Crippen molar-refractivity contribution in [3.63, 3.8) is 0 Å².